The van der Waals surface area contributed by atoms with Crippen LogP contribution >= 0.6 is 0 Å². The number of carbonyl (C=O) groups is 2. The monoisotopic (exact) mass is 379 g/mol. The first-order valence-electron chi connectivity index (χ1n) is 8.47. The fraction of sp³-hybridized carbons (Fsp3) is 0.471. The van der Waals surface area contributed by atoms with Gasteiger partial charge in [0.25, 0.3) is 10.0 Å². The summed E-state index contributed by atoms with van der Waals surface area (Å²) in [7, 11) is -3.55. The quantitative estimate of drug-likeness (QED) is 0.730. The van der Waals surface area contributed by atoms with Crippen molar-refractivity contribution >= 4 is 27.7 Å². The van der Waals surface area contributed by atoms with E-state index in [2.05, 4.69) is 9.71 Å². The second-order valence-corrected chi connectivity index (χ2v) is 8.31. The number of nitrogens with zero attached hydrogens (tertiary/aromatic N) is 2. The number of sulfonamides is 1. The van der Waals surface area contributed by atoms with Crippen molar-refractivity contribution in [3.63, 3.8) is 0 Å². The van der Waals surface area contributed by atoms with Crippen molar-refractivity contribution in [2.75, 3.05) is 19.6 Å². The van der Waals surface area contributed by atoms with Gasteiger partial charge in [-0.2, -0.15) is 0 Å². The second-order valence-electron chi connectivity index (χ2n) is 6.66. The van der Waals surface area contributed by atoms with Crippen molar-refractivity contribution < 1.29 is 23.1 Å². The van der Waals surface area contributed by atoms with Crippen LogP contribution in [0.15, 0.2) is 34.2 Å². The summed E-state index contributed by atoms with van der Waals surface area (Å²) < 4.78 is 26.4. The van der Waals surface area contributed by atoms with Crippen LogP contribution in [-0.4, -0.2) is 55.8 Å². The summed E-state index contributed by atoms with van der Waals surface area (Å²) in [4.78, 5) is 29.4. The summed E-state index contributed by atoms with van der Waals surface area (Å²) in [6.07, 6.45) is 0.721. The minimum Gasteiger partial charge on any atom is -0.481 e. The predicted octanol–water partition coefficient (Wildman–Crippen LogP) is 0.684. The Morgan fingerprint density at radius 3 is 2.73 bits per heavy atom. The molecule has 2 aliphatic heterocycles. The summed E-state index contributed by atoms with van der Waals surface area (Å²) in [6, 6.07) is 6.61. The van der Waals surface area contributed by atoms with E-state index in [1.54, 1.807) is 23.1 Å². The van der Waals surface area contributed by atoms with E-state index in [0.717, 1.165) is 0 Å². The Labute approximate surface area is 152 Å². The zero-order valence-corrected chi connectivity index (χ0v) is 15.2. The Balaban J connectivity index is 1.54. The molecule has 2 N–H and O–H groups in total. The molecule has 140 valence electrons. The average Bonchev–Trinajstić information content (AvgIpc) is 3.10. The van der Waals surface area contributed by atoms with Gasteiger partial charge >= 0.3 is 5.97 Å². The number of fused-ring (bicyclic) bond motifs is 1. The minimum atomic E-state index is -3.55. The fourth-order valence-corrected chi connectivity index (χ4v) is 4.57. The number of hydrogen-bond donors (Lipinski definition) is 2. The van der Waals surface area contributed by atoms with Gasteiger partial charge in [-0.1, -0.05) is 19.1 Å². The molecule has 1 aromatic carbocycles. The average molecular weight is 379 g/mol. The van der Waals surface area contributed by atoms with E-state index in [1.165, 1.54) is 6.07 Å². The second kappa shape index (κ2) is 7.06. The minimum absolute atomic E-state index is 0.0545. The number of benzene rings is 1. The molecule has 1 fully saturated rings. The van der Waals surface area contributed by atoms with Crippen LogP contribution in [0.4, 0.5) is 0 Å². The van der Waals surface area contributed by atoms with Gasteiger partial charge in [0, 0.05) is 31.6 Å². The molecular weight excluding hydrogens is 358 g/mol. The number of likely N-dealkylation sites (tertiary alicyclic amines) is 1. The van der Waals surface area contributed by atoms with Crippen LogP contribution in [0.5, 0.6) is 0 Å². The van der Waals surface area contributed by atoms with E-state index in [9.17, 15) is 18.0 Å². The number of aliphatic carboxylic acids is 1. The molecule has 2 heterocycles. The summed E-state index contributed by atoms with van der Waals surface area (Å²) in [5.41, 5.74) is 0.538. The molecule has 1 aromatic rings. The maximum atomic E-state index is 12.2. The zero-order chi connectivity index (χ0) is 18.9. The molecule has 0 unspecified atom stereocenters. The lowest BCUT2D eigenvalue weighted by atomic mass is 9.99. The van der Waals surface area contributed by atoms with E-state index in [4.69, 9.17) is 5.11 Å². The van der Waals surface area contributed by atoms with Crippen LogP contribution in [0.2, 0.25) is 0 Å². The van der Waals surface area contributed by atoms with Crippen LogP contribution in [0, 0.1) is 11.8 Å². The van der Waals surface area contributed by atoms with Gasteiger partial charge in [-0.05, 0) is 24.5 Å². The van der Waals surface area contributed by atoms with Crippen LogP contribution < -0.4 is 4.72 Å². The van der Waals surface area contributed by atoms with Gasteiger partial charge in [0.2, 0.25) is 5.91 Å². The highest BCUT2D eigenvalue weighted by Gasteiger charge is 2.36. The fourth-order valence-electron chi connectivity index (χ4n) is 3.32. The number of carboxylic acids is 1. The molecule has 9 heteroatoms. The molecule has 0 bridgehead atoms. The third kappa shape index (κ3) is 3.57. The zero-order valence-electron chi connectivity index (χ0n) is 14.4. The Morgan fingerprint density at radius 1 is 1.31 bits per heavy atom. The first kappa shape index (κ1) is 18.4. The van der Waals surface area contributed by atoms with Gasteiger partial charge in [0.05, 0.1) is 10.8 Å². The summed E-state index contributed by atoms with van der Waals surface area (Å²) >= 11 is 0. The molecular formula is C17H21N3O5S. The maximum Gasteiger partial charge on any atom is 0.308 e. The number of rotatable bonds is 5. The summed E-state index contributed by atoms with van der Waals surface area (Å²) in [5.74, 6) is -1.22. The van der Waals surface area contributed by atoms with Crippen LogP contribution in [0.1, 0.15) is 25.3 Å². The van der Waals surface area contributed by atoms with E-state index >= 15 is 0 Å². The van der Waals surface area contributed by atoms with Gasteiger partial charge < -0.3 is 10.0 Å². The smallest absolute Gasteiger partial charge is 0.308 e. The van der Waals surface area contributed by atoms with E-state index < -0.39 is 21.9 Å². The number of carboxylic acid groups (broad SMARTS) is 1. The van der Waals surface area contributed by atoms with E-state index in [0.29, 0.717) is 30.9 Å². The van der Waals surface area contributed by atoms with Crippen molar-refractivity contribution in [3.8, 4) is 0 Å². The van der Waals surface area contributed by atoms with Gasteiger partial charge in [-0.15, -0.1) is 0 Å². The van der Waals surface area contributed by atoms with Crippen molar-refractivity contribution in [2.24, 2.45) is 16.8 Å². The molecule has 0 aliphatic carbocycles. The third-order valence-corrected chi connectivity index (χ3v) is 6.16. The third-order valence-electron chi connectivity index (χ3n) is 4.76. The number of amidine groups is 1. The Morgan fingerprint density at radius 2 is 2.04 bits per heavy atom. The summed E-state index contributed by atoms with van der Waals surface area (Å²) in [5, 5.41) is 9.13. The van der Waals surface area contributed by atoms with Gasteiger partial charge in [0.15, 0.2) is 0 Å². The lowest BCUT2D eigenvalue weighted by molar-refractivity contribution is -0.142. The molecule has 26 heavy (non-hydrogen) atoms. The van der Waals surface area contributed by atoms with Crippen LogP contribution in [0.25, 0.3) is 0 Å². The van der Waals surface area contributed by atoms with Crippen molar-refractivity contribution in [2.45, 2.75) is 24.7 Å². The molecule has 2 aliphatic rings. The van der Waals surface area contributed by atoms with Gasteiger partial charge in [0.1, 0.15) is 5.84 Å². The van der Waals surface area contributed by atoms with Crippen LogP contribution in [-0.2, 0) is 19.6 Å². The number of nitrogens with one attached hydrogen (secondary N) is 1. The molecule has 1 saturated heterocycles. The lowest BCUT2D eigenvalue weighted by Crippen LogP contribution is -2.29. The topological polar surface area (TPSA) is 116 Å². The highest BCUT2D eigenvalue weighted by molar-refractivity contribution is 7.90. The Bertz CT molecular complexity index is 865. The molecule has 3 rings (SSSR count). The first-order valence-corrected chi connectivity index (χ1v) is 9.95. The van der Waals surface area contributed by atoms with Crippen molar-refractivity contribution in [1.29, 1.82) is 0 Å². The molecule has 0 radical (unpaired) electrons. The number of hydrogen-bond acceptors (Lipinski definition) is 5. The predicted molar refractivity (Wildman–Crippen MR) is 94.3 cm³/mol. The van der Waals surface area contributed by atoms with E-state index in [-0.39, 0.29) is 29.7 Å². The normalized spacial score (nSPS) is 25.1. The largest absolute Gasteiger partial charge is 0.481 e. The SMILES string of the molecule is C[C@@H]1CN(C(=O)CCCN=C2NS(=O)(=O)c3ccccc32)C[C@H]1C(=O)O. The van der Waals surface area contributed by atoms with Crippen LogP contribution in [0.3, 0.4) is 0 Å². The number of amides is 1. The maximum absolute atomic E-state index is 12.2. The number of carbonyl (C=O) groups excluding carboxylic acids is 1. The molecule has 0 saturated carbocycles. The first-order chi connectivity index (χ1) is 12.3. The molecule has 1 amide bonds. The Kier molecular flexibility index (Phi) is 4.99. The van der Waals surface area contributed by atoms with Crippen molar-refractivity contribution in [3.05, 3.63) is 29.8 Å². The van der Waals surface area contributed by atoms with Crippen molar-refractivity contribution in [1.82, 2.24) is 9.62 Å². The molecule has 8 nitrogen and oxygen atoms in total. The van der Waals surface area contributed by atoms with E-state index in [1.807, 2.05) is 6.92 Å². The highest BCUT2D eigenvalue weighted by Crippen LogP contribution is 2.24. The molecule has 0 spiro atoms. The number of aliphatic imine (C=N–C) groups is 1. The highest BCUT2D eigenvalue weighted by atomic mass is 32.2. The Hall–Kier alpha value is -2.42. The van der Waals surface area contributed by atoms with Gasteiger partial charge in [-0.25, -0.2) is 8.42 Å². The standard InChI is InChI=1S/C17H21N3O5S/c1-11-9-20(10-13(11)17(22)23)15(21)7-4-8-18-16-12-5-2-3-6-14(12)26(24,25)19-16/h2-3,5-6,11,13H,4,7-10H2,1H3,(H,18,19)(H,22,23)/t11-,13-/m1/s1. The summed E-state index contributed by atoms with van der Waals surface area (Å²) in [6.45, 7) is 2.85. The van der Waals surface area contributed by atoms with Gasteiger partial charge in [-0.3, -0.25) is 19.3 Å². The lowest BCUT2D eigenvalue weighted by Gasteiger charge is -2.15. The molecule has 2 atom stereocenters. The molecule has 0 aromatic heterocycles.